The molecule has 3 saturated heterocycles. The van der Waals surface area contributed by atoms with Gasteiger partial charge in [-0.25, -0.2) is 14.2 Å². The van der Waals surface area contributed by atoms with E-state index in [0.29, 0.717) is 29.1 Å². The molecule has 3 aromatic heterocycles. The lowest BCUT2D eigenvalue weighted by Crippen LogP contribution is -2.52. The predicted octanol–water partition coefficient (Wildman–Crippen LogP) is 3.79. The molecule has 1 atom stereocenters. The maximum Gasteiger partial charge on any atom is 0.229 e. The first kappa shape index (κ1) is 22.9. The number of nitrogens with zero attached hydrogens (tertiary/aromatic N) is 7. The molecule has 11 heteroatoms. The van der Waals surface area contributed by atoms with Crippen molar-refractivity contribution in [3.63, 3.8) is 0 Å². The quantitative estimate of drug-likeness (QED) is 0.422. The Morgan fingerprint density at radius 2 is 1.86 bits per heavy atom. The van der Waals surface area contributed by atoms with Gasteiger partial charge in [0.05, 0.1) is 11.6 Å². The van der Waals surface area contributed by atoms with E-state index in [2.05, 4.69) is 34.6 Å². The van der Waals surface area contributed by atoms with Gasteiger partial charge in [-0.05, 0) is 68.2 Å². The van der Waals surface area contributed by atoms with Crippen LogP contribution in [0.1, 0.15) is 12.8 Å². The van der Waals surface area contributed by atoms with Gasteiger partial charge in [-0.1, -0.05) is 6.07 Å². The summed E-state index contributed by atoms with van der Waals surface area (Å²) in [6, 6.07) is 13.2. The molecule has 7 rings (SSSR count). The van der Waals surface area contributed by atoms with E-state index in [9.17, 15) is 4.21 Å². The Kier molecular flexibility index (Phi) is 5.81. The van der Waals surface area contributed by atoms with Crippen molar-refractivity contribution in [3.8, 4) is 11.6 Å². The molecule has 1 aromatic carbocycles. The van der Waals surface area contributed by atoms with Crippen LogP contribution in [0.2, 0.25) is 0 Å². The van der Waals surface area contributed by atoms with Crippen molar-refractivity contribution in [3.05, 3.63) is 54.9 Å². The van der Waals surface area contributed by atoms with E-state index >= 15 is 0 Å². The summed E-state index contributed by atoms with van der Waals surface area (Å²) in [5, 5.41) is 8.46. The van der Waals surface area contributed by atoms with E-state index in [1.165, 1.54) is 25.9 Å². The second-order valence-corrected chi connectivity index (χ2v) is 12.1. The van der Waals surface area contributed by atoms with Crippen LogP contribution in [0.3, 0.4) is 0 Å². The van der Waals surface area contributed by atoms with Crippen LogP contribution < -0.4 is 10.1 Å². The summed E-state index contributed by atoms with van der Waals surface area (Å²) in [5.41, 5.74) is 1.47. The predicted molar refractivity (Wildman–Crippen MR) is 140 cm³/mol. The average Bonchev–Trinajstić information content (AvgIpc) is 3.29. The van der Waals surface area contributed by atoms with Gasteiger partial charge in [-0.3, -0.25) is 4.90 Å². The molecule has 3 fully saturated rings. The molecule has 3 aliphatic heterocycles. The molecule has 1 N–H and O–H groups in total. The number of benzene rings is 1. The van der Waals surface area contributed by atoms with Gasteiger partial charge < -0.3 is 10.1 Å². The number of ether oxygens (including phenoxy) is 1. The monoisotopic (exact) mass is 504 g/mol. The number of rotatable bonds is 6. The normalized spacial score (nSPS) is 21.4. The molecule has 3 aliphatic rings. The van der Waals surface area contributed by atoms with Crippen LogP contribution in [0.25, 0.3) is 16.9 Å². The molecule has 186 valence electrons. The lowest BCUT2D eigenvalue weighted by molar-refractivity contribution is -0.00775. The molecule has 0 saturated carbocycles. The highest BCUT2D eigenvalue weighted by molar-refractivity contribution is 7.92. The average molecular weight is 505 g/mol. The molecule has 1 unspecified atom stereocenters. The lowest BCUT2D eigenvalue weighted by Gasteiger charge is -2.44. The van der Waals surface area contributed by atoms with Gasteiger partial charge in [0, 0.05) is 40.7 Å². The molecule has 2 bridgehead atoms. The van der Waals surface area contributed by atoms with Gasteiger partial charge >= 0.3 is 0 Å². The van der Waals surface area contributed by atoms with Gasteiger partial charge in [0.25, 0.3) is 0 Å². The highest BCUT2D eigenvalue weighted by Gasteiger charge is 2.35. The van der Waals surface area contributed by atoms with E-state index < -0.39 is 9.73 Å². The molecule has 0 radical (unpaired) electrons. The molecule has 6 heterocycles. The van der Waals surface area contributed by atoms with Crippen LogP contribution in [-0.2, 0) is 9.73 Å². The third-order valence-corrected chi connectivity index (χ3v) is 7.18. The number of hydrogen-bond acceptors (Lipinski definition) is 9. The van der Waals surface area contributed by atoms with Crippen LogP contribution in [0.4, 0.5) is 17.5 Å². The first-order chi connectivity index (χ1) is 17.4. The minimum absolute atomic E-state index is 0.276. The van der Waals surface area contributed by atoms with Crippen molar-refractivity contribution in [2.75, 3.05) is 37.5 Å². The highest BCUT2D eigenvalue weighted by Crippen LogP contribution is 2.31. The second kappa shape index (κ2) is 9.14. The van der Waals surface area contributed by atoms with Crippen LogP contribution >= 0.6 is 0 Å². The molecule has 36 heavy (non-hydrogen) atoms. The molecule has 0 aliphatic carbocycles. The van der Waals surface area contributed by atoms with E-state index in [4.69, 9.17) is 4.74 Å². The number of aromatic nitrogens is 5. The topological polar surface area (TPSA) is 110 Å². The Bertz CT molecular complexity index is 1510. The Labute approximate surface area is 209 Å². The molecular weight excluding hydrogens is 476 g/mol. The fourth-order valence-corrected chi connectivity index (χ4v) is 5.37. The largest absolute Gasteiger partial charge is 0.489 e. The highest BCUT2D eigenvalue weighted by atomic mass is 32.2. The number of nitrogens with one attached hydrogen (secondary N) is 1. The van der Waals surface area contributed by atoms with Gasteiger partial charge in [0.2, 0.25) is 5.95 Å². The Hall–Kier alpha value is -3.57. The first-order valence-electron chi connectivity index (χ1n) is 12.0. The van der Waals surface area contributed by atoms with Crippen LogP contribution in [0.15, 0.2) is 59.2 Å². The summed E-state index contributed by atoms with van der Waals surface area (Å²) >= 11 is 0. The van der Waals surface area contributed by atoms with Crippen LogP contribution in [0.5, 0.6) is 5.75 Å². The van der Waals surface area contributed by atoms with Crippen molar-refractivity contribution in [2.45, 2.75) is 18.9 Å². The SMILES string of the molecule is CS(C)(=O)=Nc1cccc(-n2ncc3cnc(Nc4ccc(OC5CN6CCC5CC6)cc4)nc32)n1. The Morgan fingerprint density at radius 1 is 1.06 bits per heavy atom. The van der Waals surface area contributed by atoms with E-state index in [1.54, 1.807) is 41.7 Å². The standard InChI is InChI=1S/C25H28N8O2S/c1-36(2,34)31-22-4-3-5-23(29-22)33-24-18(15-27-33)14-26-25(30-24)28-19-6-8-20(9-7-19)35-21-16-32-12-10-17(21)11-13-32/h3-9,14-15,17,21H,10-13,16H2,1-2H3,(H,26,28,30). The van der Waals surface area contributed by atoms with Gasteiger partial charge in [0.1, 0.15) is 11.9 Å². The first-order valence-corrected chi connectivity index (χ1v) is 14.3. The van der Waals surface area contributed by atoms with Crippen molar-refractivity contribution < 1.29 is 8.95 Å². The second-order valence-electron chi connectivity index (χ2n) is 9.60. The lowest BCUT2D eigenvalue weighted by atomic mass is 9.86. The smallest absolute Gasteiger partial charge is 0.229 e. The van der Waals surface area contributed by atoms with E-state index in [-0.39, 0.29) is 6.10 Å². The summed E-state index contributed by atoms with van der Waals surface area (Å²) in [7, 11) is -2.32. The minimum atomic E-state index is -2.32. The number of anilines is 2. The molecule has 10 nitrogen and oxygen atoms in total. The van der Waals surface area contributed by atoms with Crippen molar-refractivity contribution in [1.82, 2.24) is 29.6 Å². The summed E-state index contributed by atoms with van der Waals surface area (Å²) in [4.78, 5) is 16.1. The minimum Gasteiger partial charge on any atom is -0.489 e. The van der Waals surface area contributed by atoms with E-state index in [1.807, 2.05) is 30.3 Å². The molecular formula is C25H28N8O2S. The van der Waals surface area contributed by atoms with Crippen molar-refractivity contribution in [1.29, 1.82) is 0 Å². The number of pyridine rings is 1. The summed E-state index contributed by atoms with van der Waals surface area (Å²) in [6.07, 6.45) is 9.29. The summed E-state index contributed by atoms with van der Waals surface area (Å²) in [6.45, 7) is 3.42. The van der Waals surface area contributed by atoms with Crippen LogP contribution in [0, 0.1) is 5.92 Å². The maximum atomic E-state index is 12.1. The number of piperidine rings is 3. The maximum absolute atomic E-state index is 12.1. The molecule has 0 spiro atoms. The van der Waals surface area contributed by atoms with Crippen LogP contribution in [-0.4, -0.2) is 72.1 Å². The Balaban J connectivity index is 1.20. The number of fused-ring (bicyclic) bond motifs is 4. The van der Waals surface area contributed by atoms with Gasteiger partial charge in [-0.15, -0.1) is 0 Å². The Morgan fingerprint density at radius 3 is 2.58 bits per heavy atom. The molecule has 4 aromatic rings. The molecule has 0 amide bonds. The zero-order valence-corrected chi connectivity index (χ0v) is 21.1. The van der Waals surface area contributed by atoms with Gasteiger partial charge in [0.15, 0.2) is 17.3 Å². The van der Waals surface area contributed by atoms with Gasteiger partial charge in [-0.2, -0.15) is 19.1 Å². The fraction of sp³-hybridized carbons (Fsp3) is 0.360. The zero-order chi connectivity index (χ0) is 24.7. The fourth-order valence-electron chi connectivity index (χ4n) is 4.82. The van der Waals surface area contributed by atoms with Crippen molar-refractivity contribution in [2.24, 2.45) is 10.3 Å². The third kappa shape index (κ3) is 4.89. The number of hydrogen-bond donors (Lipinski definition) is 1. The summed E-state index contributed by atoms with van der Waals surface area (Å²) < 4.78 is 24.2. The zero-order valence-electron chi connectivity index (χ0n) is 20.2. The van der Waals surface area contributed by atoms with Crippen molar-refractivity contribution >= 4 is 38.2 Å². The van der Waals surface area contributed by atoms with E-state index in [0.717, 1.165) is 23.4 Å². The third-order valence-electron chi connectivity index (χ3n) is 6.55. The summed E-state index contributed by atoms with van der Waals surface area (Å²) in [5.74, 6) is 2.91.